The predicted molar refractivity (Wildman–Crippen MR) is 91.7 cm³/mol. The van der Waals surface area contributed by atoms with Crippen LogP contribution in [0.15, 0.2) is 66.7 Å². The van der Waals surface area contributed by atoms with Crippen LogP contribution in [0.5, 0.6) is 11.5 Å². The van der Waals surface area contributed by atoms with E-state index in [0.717, 1.165) is 11.3 Å². The van der Waals surface area contributed by atoms with Gasteiger partial charge in [-0.05, 0) is 35.9 Å². The van der Waals surface area contributed by atoms with Crippen molar-refractivity contribution in [3.63, 3.8) is 0 Å². The summed E-state index contributed by atoms with van der Waals surface area (Å²) in [5, 5.41) is 22.6. The third-order valence-electron chi connectivity index (χ3n) is 3.69. The van der Waals surface area contributed by atoms with Gasteiger partial charge >= 0.3 is 0 Å². The number of ether oxygens (including phenoxy) is 1. The fourth-order valence-corrected chi connectivity index (χ4v) is 2.54. The van der Waals surface area contributed by atoms with Crippen molar-refractivity contribution in [1.29, 1.82) is 5.26 Å². The number of dihydropyridines is 1. The van der Waals surface area contributed by atoms with Crippen molar-refractivity contribution in [2.75, 3.05) is 7.11 Å². The van der Waals surface area contributed by atoms with Crippen LogP contribution in [0, 0.1) is 11.3 Å². The highest BCUT2D eigenvalue weighted by atomic mass is 16.5. The van der Waals surface area contributed by atoms with E-state index in [2.05, 4.69) is 22.9 Å². The fourth-order valence-electron chi connectivity index (χ4n) is 2.54. The van der Waals surface area contributed by atoms with Crippen LogP contribution in [-0.2, 0) is 0 Å². The summed E-state index contributed by atoms with van der Waals surface area (Å²) in [7, 11) is 1.53. The van der Waals surface area contributed by atoms with E-state index in [1.54, 1.807) is 24.5 Å². The van der Waals surface area contributed by atoms with Crippen LogP contribution in [0.25, 0.3) is 11.3 Å². The number of allylic oxidation sites excluding steroid dienone is 3. The van der Waals surface area contributed by atoms with Gasteiger partial charge in [-0.15, -0.1) is 0 Å². The topological polar surface area (TPSA) is 78.2 Å². The summed E-state index contributed by atoms with van der Waals surface area (Å²) < 4.78 is 5.20. The number of nitriles is 1. The molecule has 0 spiro atoms. The smallest absolute Gasteiger partial charge is 0.123 e. The maximum absolute atomic E-state index is 9.91. The van der Waals surface area contributed by atoms with Gasteiger partial charge in [0.25, 0.3) is 0 Å². The Kier molecular flexibility index (Phi) is 4.04. The number of nitrogens with zero attached hydrogens (tertiary/aromatic N) is 2. The van der Waals surface area contributed by atoms with Crippen molar-refractivity contribution in [3.05, 3.63) is 77.8 Å². The first kappa shape index (κ1) is 15.4. The molecule has 1 aliphatic rings. The minimum absolute atomic E-state index is 0.0668. The van der Waals surface area contributed by atoms with Crippen LogP contribution in [0.4, 0.5) is 0 Å². The number of hydrogen-bond acceptors (Lipinski definition) is 5. The van der Waals surface area contributed by atoms with Crippen LogP contribution in [0.2, 0.25) is 0 Å². The molecule has 5 heteroatoms. The van der Waals surface area contributed by atoms with E-state index in [0.29, 0.717) is 28.2 Å². The van der Waals surface area contributed by atoms with Gasteiger partial charge in [-0.25, -0.2) is 0 Å². The number of methoxy groups -OCH3 is 1. The van der Waals surface area contributed by atoms with Gasteiger partial charge in [-0.3, -0.25) is 4.98 Å². The standard InChI is InChI=1S/C19H15N3O2/c1-12-18(11-20)17(14-7-15(23)9-16(8-14)24-2)10-19(22-12)13-3-5-21-6-4-13/h3-10,22-23H,1H2,2H3. The molecule has 0 unspecified atom stereocenters. The van der Waals surface area contributed by atoms with Gasteiger partial charge in [0.15, 0.2) is 0 Å². The molecular weight excluding hydrogens is 302 g/mol. The van der Waals surface area contributed by atoms with Crippen LogP contribution in [0.1, 0.15) is 11.1 Å². The molecule has 0 saturated heterocycles. The lowest BCUT2D eigenvalue weighted by atomic mass is 9.93. The minimum Gasteiger partial charge on any atom is -0.508 e. The van der Waals surface area contributed by atoms with E-state index < -0.39 is 0 Å². The molecule has 2 aromatic rings. The molecule has 0 saturated carbocycles. The average Bonchev–Trinajstić information content (AvgIpc) is 2.61. The molecule has 1 aromatic carbocycles. The maximum atomic E-state index is 9.91. The largest absolute Gasteiger partial charge is 0.508 e. The molecule has 0 atom stereocenters. The van der Waals surface area contributed by atoms with Crippen molar-refractivity contribution >= 4 is 11.3 Å². The molecule has 0 aliphatic carbocycles. The highest BCUT2D eigenvalue weighted by molar-refractivity contribution is 5.92. The van der Waals surface area contributed by atoms with Crippen molar-refractivity contribution in [2.24, 2.45) is 0 Å². The molecule has 0 amide bonds. The normalized spacial score (nSPS) is 13.8. The molecule has 2 N–H and O–H groups in total. The number of benzene rings is 1. The number of phenols is 1. The zero-order valence-electron chi connectivity index (χ0n) is 13.1. The Hall–Kier alpha value is -3.52. The summed E-state index contributed by atoms with van der Waals surface area (Å²) in [5.41, 5.74) is 4.00. The SMILES string of the molecule is C=C1NC(c2ccncc2)=CC(c2cc(O)cc(OC)c2)=C1C#N. The minimum atomic E-state index is 0.0668. The van der Waals surface area contributed by atoms with Gasteiger partial charge in [0.2, 0.25) is 0 Å². The van der Waals surface area contributed by atoms with E-state index in [1.165, 1.54) is 13.2 Å². The van der Waals surface area contributed by atoms with E-state index in [4.69, 9.17) is 4.74 Å². The van der Waals surface area contributed by atoms with Crippen molar-refractivity contribution in [2.45, 2.75) is 0 Å². The lowest BCUT2D eigenvalue weighted by molar-refractivity contribution is 0.407. The Bertz CT molecular complexity index is 906. The summed E-state index contributed by atoms with van der Waals surface area (Å²) in [6.45, 7) is 3.94. The van der Waals surface area contributed by atoms with Gasteiger partial charge in [-0.1, -0.05) is 6.58 Å². The molecule has 5 nitrogen and oxygen atoms in total. The van der Waals surface area contributed by atoms with Crippen LogP contribution < -0.4 is 10.1 Å². The first-order valence-electron chi connectivity index (χ1n) is 7.23. The summed E-state index contributed by atoms with van der Waals surface area (Å²) in [4.78, 5) is 4.01. The predicted octanol–water partition coefficient (Wildman–Crippen LogP) is 3.23. The van der Waals surface area contributed by atoms with Gasteiger partial charge < -0.3 is 15.2 Å². The van der Waals surface area contributed by atoms with E-state index in [-0.39, 0.29) is 5.75 Å². The quantitative estimate of drug-likeness (QED) is 0.908. The summed E-state index contributed by atoms with van der Waals surface area (Å²) in [6.07, 6.45) is 5.25. The Morgan fingerprint density at radius 3 is 2.62 bits per heavy atom. The van der Waals surface area contributed by atoms with E-state index >= 15 is 0 Å². The zero-order valence-corrected chi connectivity index (χ0v) is 13.1. The van der Waals surface area contributed by atoms with Crippen LogP contribution >= 0.6 is 0 Å². The number of pyridine rings is 1. The lowest BCUT2D eigenvalue weighted by Gasteiger charge is -2.21. The fraction of sp³-hybridized carbons (Fsp3) is 0.0526. The highest BCUT2D eigenvalue weighted by Crippen LogP contribution is 2.34. The van der Waals surface area contributed by atoms with E-state index in [9.17, 15) is 10.4 Å². The molecule has 1 aromatic heterocycles. The lowest BCUT2D eigenvalue weighted by Crippen LogP contribution is -2.17. The number of aromatic hydroxyl groups is 1. The summed E-state index contributed by atoms with van der Waals surface area (Å²) in [6, 6.07) is 10.8. The number of nitrogens with one attached hydrogen (secondary N) is 1. The average molecular weight is 317 g/mol. The van der Waals surface area contributed by atoms with Gasteiger partial charge in [-0.2, -0.15) is 5.26 Å². The van der Waals surface area contributed by atoms with Crippen LogP contribution in [0.3, 0.4) is 0 Å². The Morgan fingerprint density at radius 2 is 1.96 bits per heavy atom. The van der Waals surface area contributed by atoms with Crippen molar-refractivity contribution in [1.82, 2.24) is 10.3 Å². The number of phenolic OH excluding ortho intramolecular Hbond substituents is 1. The van der Waals surface area contributed by atoms with Crippen LogP contribution in [-0.4, -0.2) is 17.2 Å². The van der Waals surface area contributed by atoms with Gasteiger partial charge in [0, 0.05) is 41.0 Å². The number of aromatic nitrogens is 1. The molecule has 24 heavy (non-hydrogen) atoms. The van der Waals surface area contributed by atoms with E-state index in [1.807, 2.05) is 18.2 Å². The molecule has 0 bridgehead atoms. The summed E-state index contributed by atoms with van der Waals surface area (Å²) in [5.74, 6) is 0.579. The second-order valence-corrected chi connectivity index (χ2v) is 5.22. The van der Waals surface area contributed by atoms with Gasteiger partial charge in [0.05, 0.1) is 12.7 Å². The summed E-state index contributed by atoms with van der Waals surface area (Å²) >= 11 is 0. The number of rotatable bonds is 3. The molecule has 0 radical (unpaired) electrons. The highest BCUT2D eigenvalue weighted by Gasteiger charge is 2.19. The Morgan fingerprint density at radius 1 is 1.21 bits per heavy atom. The molecule has 118 valence electrons. The Labute approximate surface area is 139 Å². The zero-order chi connectivity index (χ0) is 17.1. The molecule has 2 heterocycles. The van der Waals surface area contributed by atoms with Crippen molar-refractivity contribution in [3.8, 4) is 17.6 Å². The molecular formula is C19H15N3O2. The second kappa shape index (κ2) is 6.31. The number of hydrogen-bond donors (Lipinski definition) is 2. The maximum Gasteiger partial charge on any atom is 0.123 e. The molecule has 3 rings (SSSR count). The molecule has 0 fully saturated rings. The monoisotopic (exact) mass is 317 g/mol. The third-order valence-corrected chi connectivity index (χ3v) is 3.69. The Balaban J connectivity index is 2.18. The first-order chi connectivity index (χ1) is 11.6. The third kappa shape index (κ3) is 2.85. The van der Waals surface area contributed by atoms with Crippen molar-refractivity contribution < 1.29 is 9.84 Å². The van der Waals surface area contributed by atoms with Gasteiger partial charge in [0.1, 0.15) is 17.6 Å². The second-order valence-electron chi connectivity index (χ2n) is 5.22. The molecule has 1 aliphatic heterocycles. The first-order valence-corrected chi connectivity index (χ1v) is 7.23.